The Kier molecular flexibility index (Phi) is 10.1. The zero-order chi connectivity index (χ0) is 46.9. The first kappa shape index (κ1) is 42.1. The van der Waals surface area contributed by atoms with Gasteiger partial charge < -0.3 is 9.97 Å². The summed E-state index contributed by atoms with van der Waals surface area (Å²) in [6.07, 6.45) is 4.12. The van der Waals surface area contributed by atoms with Crippen LogP contribution in [0.4, 0.5) is 43.9 Å². The number of halogens is 10. The van der Waals surface area contributed by atoms with Gasteiger partial charge in [-0.05, 0) is 72.8 Å². The standard InChI is InChI=1S/C48H16F10N8/c49-39-37(40(50)44(54)47(57)43(39)53)35-27-11-9-25(64-27)33(31-19(15-59)3-1-4-20(31)16-60)23-7-8-24(63-23)34(32-21(17-61)5-2-6-22(32)18-62)26-10-12-28(65-26)36(30-14-13-29(35)66-30)38-41(51)45(55)48(58)46(56)42(38)52/h1-14,63-64H. The average molecular weight is 895 g/mol. The van der Waals surface area contributed by atoms with Crippen molar-refractivity contribution in [2.24, 2.45) is 0 Å². The number of benzene rings is 4. The Hall–Kier alpha value is -9.26. The molecule has 0 unspecified atom stereocenters. The lowest BCUT2D eigenvalue weighted by molar-refractivity contribution is 0.381. The van der Waals surface area contributed by atoms with E-state index in [0.29, 0.717) is 0 Å². The molecular formula is C48H16F10N8. The molecule has 2 aliphatic rings. The summed E-state index contributed by atoms with van der Waals surface area (Å²) in [6, 6.07) is 21.7. The molecule has 66 heavy (non-hydrogen) atoms. The van der Waals surface area contributed by atoms with Gasteiger partial charge in [0.2, 0.25) is 11.6 Å². The number of rotatable bonds is 4. The molecule has 0 radical (unpaired) electrons. The second-order valence-corrected chi connectivity index (χ2v) is 14.3. The van der Waals surface area contributed by atoms with Crippen LogP contribution in [0, 0.1) is 103 Å². The molecule has 5 heterocycles. The fourth-order valence-corrected chi connectivity index (χ4v) is 7.92. The zero-order valence-corrected chi connectivity index (χ0v) is 32.5. The van der Waals surface area contributed by atoms with Gasteiger partial charge >= 0.3 is 0 Å². The van der Waals surface area contributed by atoms with Gasteiger partial charge in [-0.3, -0.25) is 0 Å². The third-order valence-corrected chi connectivity index (χ3v) is 10.8. The molecule has 2 N–H and O–H groups in total. The summed E-state index contributed by atoms with van der Waals surface area (Å²) >= 11 is 0. The van der Waals surface area contributed by atoms with E-state index in [1.54, 1.807) is 0 Å². The summed E-state index contributed by atoms with van der Waals surface area (Å²) in [4.78, 5) is 14.8. The van der Waals surface area contributed by atoms with Gasteiger partial charge in [0.15, 0.2) is 46.5 Å². The lowest BCUT2D eigenvalue weighted by Crippen LogP contribution is -2.06. The number of nitrogens with zero attached hydrogens (tertiary/aromatic N) is 6. The molecule has 18 heteroatoms. The molecular weight excluding hydrogens is 879 g/mol. The highest BCUT2D eigenvalue weighted by Crippen LogP contribution is 2.43. The Bertz CT molecular complexity index is 3660. The molecule has 3 aromatic heterocycles. The Balaban J connectivity index is 1.60. The number of nitrogens with one attached hydrogen (secondary N) is 2. The topological polar surface area (TPSA) is 153 Å². The quantitative estimate of drug-likeness (QED) is 0.102. The van der Waals surface area contributed by atoms with Crippen molar-refractivity contribution >= 4 is 46.4 Å². The Labute approximate surface area is 363 Å². The smallest absolute Gasteiger partial charge is 0.200 e. The molecule has 0 spiro atoms. The van der Waals surface area contributed by atoms with Crippen LogP contribution in [0.25, 0.3) is 90.9 Å². The SMILES string of the molecule is N#Cc1cccc(C#N)c1-c1c2nc(c(-c3c(F)c(F)c(F)c(F)c3F)c3nc(c(-c4c(F)c(F)c(F)c(F)c4F)c4ccc([nH]4)c(-c4c(C#N)cccc4C#N)c4ccc1[nH]4)C=C3)C=C2. The van der Waals surface area contributed by atoms with E-state index in [1.807, 2.05) is 24.3 Å². The Morgan fingerprint density at radius 2 is 0.561 bits per heavy atom. The highest BCUT2D eigenvalue weighted by atomic mass is 19.2. The van der Waals surface area contributed by atoms with Gasteiger partial charge in [0, 0.05) is 55.4 Å². The van der Waals surface area contributed by atoms with Gasteiger partial charge in [-0.2, -0.15) is 21.0 Å². The summed E-state index contributed by atoms with van der Waals surface area (Å²) in [5.74, 6) is -24.0. The molecule has 0 saturated heterocycles. The largest absolute Gasteiger partial charge is 0.354 e. The van der Waals surface area contributed by atoms with Crippen LogP contribution in [-0.2, 0) is 0 Å². The van der Waals surface area contributed by atoms with E-state index in [2.05, 4.69) is 19.9 Å². The van der Waals surface area contributed by atoms with Crippen molar-refractivity contribution in [3.63, 3.8) is 0 Å². The van der Waals surface area contributed by atoms with Crippen molar-refractivity contribution in [1.82, 2.24) is 19.9 Å². The van der Waals surface area contributed by atoms with Gasteiger partial charge in [-0.25, -0.2) is 53.9 Å². The maximum absolute atomic E-state index is 16.0. The number of fused-ring (bicyclic) bond motifs is 8. The first-order chi connectivity index (χ1) is 31.7. The van der Waals surface area contributed by atoms with Crippen molar-refractivity contribution in [2.75, 3.05) is 0 Å². The third kappa shape index (κ3) is 6.27. The van der Waals surface area contributed by atoms with Crippen LogP contribution in [0.3, 0.4) is 0 Å². The van der Waals surface area contributed by atoms with E-state index in [1.165, 1.54) is 60.7 Å². The average Bonchev–Trinajstić information content (AvgIpc) is 4.19. The van der Waals surface area contributed by atoms with Gasteiger partial charge in [0.05, 0.1) is 80.4 Å². The fraction of sp³-hybridized carbons (Fsp3) is 0. The van der Waals surface area contributed by atoms with Gasteiger partial charge in [0.25, 0.3) is 0 Å². The summed E-state index contributed by atoms with van der Waals surface area (Å²) in [5.41, 5.74) is -7.73. The van der Waals surface area contributed by atoms with Gasteiger partial charge in [0.1, 0.15) is 0 Å². The first-order valence-electron chi connectivity index (χ1n) is 18.8. The minimum atomic E-state index is -2.52. The van der Waals surface area contributed by atoms with E-state index in [9.17, 15) is 29.8 Å². The van der Waals surface area contributed by atoms with E-state index < -0.39 is 103 Å². The van der Waals surface area contributed by atoms with Gasteiger partial charge in [-0.15, -0.1) is 0 Å². The molecule has 0 fully saturated rings. The van der Waals surface area contributed by atoms with Gasteiger partial charge in [-0.1, -0.05) is 12.1 Å². The van der Waals surface area contributed by atoms with Crippen LogP contribution in [0.5, 0.6) is 0 Å². The Morgan fingerprint density at radius 3 is 0.894 bits per heavy atom. The number of hydrogen-bond acceptors (Lipinski definition) is 6. The molecule has 0 aliphatic carbocycles. The molecule has 9 rings (SSSR count). The van der Waals surface area contributed by atoms with Crippen LogP contribution in [0.15, 0.2) is 60.7 Å². The fourth-order valence-electron chi connectivity index (χ4n) is 7.92. The number of aromatic amines is 2. The summed E-state index contributed by atoms with van der Waals surface area (Å²) < 4.78 is 153. The highest BCUT2D eigenvalue weighted by Gasteiger charge is 2.33. The van der Waals surface area contributed by atoms with E-state index in [4.69, 9.17) is 0 Å². The lowest BCUT2D eigenvalue weighted by atomic mass is 9.94. The van der Waals surface area contributed by atoms with Crippen LogP contribution in [0.1, 0.15) is 45.0 Å². The second-order valence-electron chi connectivity index (χ2n) is 14.3. The molecule has 318 valence electrons. The summed E-state index contributed by atoms with van der Waals surface area (Å²) in [7, 11) is 0. The number of aromatic nitrogens is 4. The molecule has 0 saturated carbocycles. The molecule has 2 aliphatic heterocycles. The zero-order valence-electron chi connectivity index (χ0n) is 32.5. The molecule has 4 aromatic carbocycles. The lowest BCUT2D eigenvalue weighted by Gasteiger charge is -2.11. The second kappa shape index (κ2) is 15.8. The van der Waals surface area contributed by atoms with Crippen LogP contribution < -0.4 is 0 Å². The Morgan fingerprint density at radius 1 is 0.303 bits per heavy atom. The van der Waals surface area contributed by atoms with Crippen molar-refractivity contribution in [2.45, 2.75) is 0 Å². The van der Waals surface area contributed by atoms with E-state index in [-0.39, 0.29) is 66.8 Å². The van der Waals surface area contributed by atoms with Crippen molar-refractivity contribution in [3.8, 4) is 68.8 Å². The summed E-state index contributed by atoms with van der Waals surface area (Å²) in [6.45, 7) is 0. The molecule has 0 amide bonds. The summed E-state index contributed by atoms with van der Waals surface area (Å²) in [5, 5.41) is 41.2. The van der Waals surface area contributed by atoms with Crippen molar-refractivity contribution in [1.29, 1.82) is 21.0 Å². The first-order valence-corrected chi connectivity index (χ1v) is 18.8. The maximum Gasteiger partial charge on any atom is 0.200 e. The third-order valence-electron chi connectivity index (χ3n) is 10.8. The number of hydrogen-bond donors (Lipinski definition) is 2. The number of nitriles is 4. The van der Waals surface area contributed by atoms with Crippen LogP contribution in [0.2, 0.25) is 0 Å². The van der Waals surface area contributed by atoms with E-state index >= 15 is 35.1 Å². The van der Waals surface area contributed by atoms with Crippen LogP contribution >= 0.6 is 0 Å². The van der Waals surface area contributed by atoms with E-state index in [0.717, 1.165) is 24.3 Å². The molecule has 8 bridgehead atoms. The minimum absolute atomic E-state index is 0.00982. The molecule has 0 atom stereocenters. The molecule has 8 nitrogen and oxygen atoms in total. The monoisotopic (exact) mass is 894 g/mol. The van der Waals surface area contributed by atoms with Crippen molar-refractivity contribution in [3.05, 3.63) is 164 Å². The molecule has 7 aromatic rings. The maximum atomic E-state index is 16.0. The number of H-pyrrole nitrogens is 2. The normalized spacial score (nSPS) is 11.6. The minimum Gasteiger partial charge on any atom is -0.354 e. The predicted molar refractivity (Wildman–Crippen MR) is 219 cm³/mol. The predicted octanol–water partition coefficient (Wildman–Crippen LogP) is 12.2. The van der Waals surface area contributed by atoms with Crippen LogP contribution in [-0.4, -0.2) is 19.9 Å². The highest BCUT2D eigenvalue weighted by molar-refractivity contribution is 6.02. The van der Waals surface area contributed by atoms with Crippen molar-refractivity contribution < 1.29 is 43.9 Å².